The third-order valence-electron chi connectivity index (χ3n) is 1.67. The second-order valence-electron chi connectivity index (χ2n) is 2.48. The van der Waals surface area contributed by atoms with E-state index in [2.05, 4.69) is 14.5 Å². The Hall–Kier alpha value is -1.34. The SMILES string of the molecule is POc1ccc(-c2ncco2)cc1. The van der Waals surface area contributed by atoms with Crippen molar-refractivity contribution in [3.05, 3.63) is 36.7 Å². The number of nitrogens with zero attached hydrogens (tertiary/aromatic N) is 1. The van der Waals surface area contributed by atoms with Crippen LogP contribution in [0.15, 0.2) is 41.1 Å². The van der Waals surface area contributed by atoms with Gasteiger partial charge in [0.25, 0.3) is 0 Å². The molecule has 2 rings (SSSR count). The lowest BCUT2D eigenvalue weighted by Gasteiger charge is -1.98. The van der Waals surface area contributed by atoms with E-state index in [0.29, 0.717) is 5.89 Å². The van der Waals surface area contributed by atoms with Gasteiger partial charge in [0.15, 0.2) is 0 Å². The van der Waals surface area contributed by atoms with Crippen LogP contribution in [0.5, 0.6) is 5.75 Å². The monoisotopic (exact) mass is 193 g/mol. The summed E-state index contributed by atoms with van der Waals surface area (Å²) in [5.74, 6) is 1.41. The van der Waals surface area contributed by atoms with Gasteiger partial charge in [-0.15, -0.1) is 0 Å². The fraction of sp³-hybridized carbons (Fsp3) is 0. The Bertz CT molecular complexity index is 369. The molecule has 0 aliphatic heterocycles. The average molecular weight is 193 g/mol. The predicted molar refractivity (Wildman–Crippen MR) is 52.3 cm³/mol. The minimum atomic E-state index is 0.621. The molecular weight excluding hydrogens is 185 g/mol. The molecule has 1 aromatic heterocycles. The highest BCUT2D eigenvalue weighted by Crippen LogP contribution is 2.21. The summed E-state index contributed by atoms with van der Waals surface area (Å²) in [7, 11) is 2.20. The summed E-state index contributed by atoms with van der Waals surface area (Å²) in [6.45, 7) is 0. The van der Waals surface area contributed by atoms with Gasteiger partial charge < -0.3 is 8.94 Å². The number of aromatic nitrogens is 1. The molecule has 1 unspecified atom stereocenters. The van der Waals surface area contributed by atoms with Gasteiger partial charge in [-0.2, -0.15) is 0 Å². The van der Waals surface area contributed by atoms with Crippen LogP contribution in [0.3, 0.4) is 0 Å². The van der Waals surface area contributed by atoms with E-state index in [4.69, 9.17) is 8.94 Å². The first-order valence-corrected chi connectivity index (χ1v) is 4.24. The number of rotatable bonds is 2. The van der Waals surface area contributed by atoms with Gasteiger partial charge in [0, 0.05) is 5.56 Å². The molecule has 1 atom stereocenters. The molecule has 0 saturated carbocycles. The van der Waals surface area contributed by atoms with Crippen molar-refractivity contribution in [2.24, 2.45) is 0 Å². The smallest absolute Gasteiger partial charge is 0.225 e. The minimum absolute atomic E-state index is 0.621. The van der Waals surface area contributed by atoms with E-state index in [0.717, 1.165) is 11.3 Å². The number of hydrogen-bond donors (Lipinski definition) is 0. The van der Waals surface area contributed by atoms with Crippen molar-refractivity contribution < 1.29 is 8.94 Å². The third-order valence-corrected chi connectivity index (χ3v) is 1.94. The third kappa shape index (κ3) is 1.70. The highest BCUT2D eigenvalue weighted by atomic mass is 31.0. The maximum absolute atomic E-state index is 5.14. The Labute approximate surface area is 78.0 Å². The van der Waals surface area contributed by atoms with Crippen molar-refractivity contribution in [1.29, 1.82) is 0 Å². The van der Waals surface area contributed by atoms with E-state index >= 15 is 0 Å². The van der Waals surface area contributed by atoms with Crippen LogP contribution in [0.4, 0.5) is 0 Å². The van der Waals surface area contributed by atoms with Gasteiger partial charge in [-0.25, -0.2) is 4.98 Å². The topological polar surface area (TPSA) is 35.3 Å². The molecule has 0 bridgehead atoms. The average Bonchev–Trinajstić information content (AvgIpc) is 2.71. The Morgan fingerprint density at radius 3 is 2.54 bits per heavy atom. The number of hydrogen-bond acceptors (Lipinski definition) is 3. The van der Waals surface area contributed by atoms with Gasteiger partial charge in [0.1, 0.15) is 12.0 Å². The van der Waals surface area contributed by atoms with Gasteiger partial charge in [-0.3, -0.25) is 0 Å². The molecule has 4 heteroatoms. The van der Waals surface area contributed by atoms with E-state index in [9.17, 15) is 0 Å². The normalized spacial score (nSPS) is 9.92. The Kier molecular flexibility index (Phi) is 2.28. The fourth-order valence-corrected chi connectivity index (χ4v) is 1.20. The van der Waals surface area contributed by atoms with E-state index in [1.807, 2.05) is 24.3 Å². The Morgan fingerprint density at radius 1 is 1.23 bits per heavy atom. The van der Waals surface area contributed by atoms with Crippen molar-refractivity contribution in [3.63, 3.8) is 0 Å². The van der Waals surface area contributed by atoms with E-state index in [1.54, 1.807) is 12.5 Å². The van der Waals surface area contributed by atoms with Crippen LogP contribution in [0, 0.1) is 0 Å². The Morgan fingerprint density at radius 2 is 2.00 bits per heavy atom. The van der Waals surface area contributed by atoms with Crippen LogP contribution in [0.1, 0.15) is 0 Å². The van der Waals surface area contributed by atoms with Crippen LogP contribution in [0.25, 0.3) is 11.5 Å². The zero-order valence-corrected chi connectivity index (χ0v) is 7.96. The van der Waals surface area contributed by atoms with Crippen LogP contribution < -0.4 is 4.52 Å². The molecule has 13 heavy (non-hydrogen) atoms. The second kappa shape index (κ2) is 3.58. The predicted octanol–water partition coefficient (Wildman–Crippen LogP) is 2.51. The molecule has 0 spiro atoms. The fourth-order valence-electron chi connectivity index (χ4n) is 1.04. The van der Waals surface area contributed by atoms with E-state index in [1.165, 1.54) is 0 Å². The van der Waals surface area contributed by atoms with Gasteiger partial charge in [-0.1, -0.05) is 0 Å². The largest absolute Gasteiger partial charge is 0.480 e. The molecule has 0 fully saturated rings. The first kappa shape index (κ1) is 8.27. The molecule has 0 aliphatic carbocycles. The standard InChI is InChI=1S/C9H8NO2P/c13-12-8-3-1-7(2-4-8)9-10-5-6-11-9/h1-6H,13H2. The summed E-state index contributed by atoms with van der Waals surface area (Å²) >= 11 is 0. The van der Waals surface area contributed by atoms with Crippen molar-refractivity contribution in [2.75, 3.05) is 0 Å². The van der Waals surface area contributed by atoms with Crippen LogP contribution in [-0.4, -0.2) is 4.98 Å². The summed E-state index contributed by atoms with van der Waals surface area (Å²) in [5.41, 5.74) is 0.941. The molecule has 2 aromatic rings. The zero-order valence-electron chi connectivity index (χ0n) is 6.81. The summed E-state index contributed by atoms with van der Waals surface area (Å²) in [4.78, 5) is 4.03. The molecule has 0 saturated heterocycles. The van der Waals surface area contributed by atoms with Gasteiger partial charge in [0.2, 0.25) is 5.89 Å². The van der Waals surface area contributed by atoms with E-state index < -0.39 is 0 Å². The Balaban J connectivity index is 2.33. The molecule has 0 N–H and O–H groups in total. The number of benzene rings is 1. The van der Waals surface area contributed by atoms with Crippen LogP contribution in [-0.2, 0) is 0 Å². The van der Waals surface area contributed by atoms with Crippen LogP contribution >= 0.6 is 9.47 Å². The van der Waals surface area contributed by atoms with Crippen molar-refractivity contribution in [3.8, 4) is 17.2 Å². The minimum Gasteiger partial charge on any atom is -0.480 e. The van der Waals surface area contributed by atoms with Gasteiger partial charge in [0.05, 0.1) is 15.7 Å². The summed E-state index contributed by atoms with van der Waals surface area (Å²) in [6.07, 6.45) is 3.17. The first-order valence-electron chi connectivity index (χ1n) is 3.77. The van der Waals surface area contributed by atoms with E-state index in [-0.39, 0.29) is 0 Å². The maximum atomic E-state index is 5.14. The summed E-state index contributed by atoms with van der Waals surface area (Å²) < 4.78 is 10.1. The number of oxazole rings is 1. The highest BCUT2D eigenvalue weighted by molar-refractivity contribution is 7.10. The van der Waals surface area contributed by atoms with Crippen molar-refractivity contribution in [2.45, 2.75) is 0 Å². The molecule has 0 radical (unpaired) electrons. The molecular formula is C9H8NO2P. The summed E-state index contributed by atoms with van der Waals surface area (Å²) in [5, 5.41) is 0. The quantitative estimate of drug-likeness (QED) is 0.687. The zero-order chi connectivity index (χ0) is 9.10. The second-order valence-corrected chi connectivity index (χ2v) is 2.72. The first-order chi connectivity index (χ1) is 6.40. The summed E-state index contributed by atoms with van der Waals surface area (Å²) in [6, 6.07) is 7.50. The lowest BCUT2D eigenvalue weighted by Crippen LogP contribution is -1.77. The molecule has 66 valence electrons. The molecule has 0 aliphatic rings. The maximum Gasteiger partial charge on any atom is 0.225 e. The van der Waals surface area contributed by atoms with Crippen molar-refractivity contribution in [1.82, 2.24) is 4.98 Å². The lowest BCUT2D eigenvalue weighted by atomic mass is 10.2. The van der Waals surface area contributed by atoms with Gasteiger partial charge >= 0.3 is 0 Å². The molecule has 0 amide bonds. The van der Waals surface area contributed by atoms with Crippen molar-refractivity contribution >= 4 is 9.47 Å². The molecule has 1 aromatic carbocycles. The molecule has 3 nitrogen and oxygen atoms in total. The molecule has 1 heterocycles. The lowest BCUT2D eigenvalue weighted by molar-refractivity contribution is 0.574. The highest BCUT2D eigenvalue weighted by Gasteiger charge is 2.00. The van der Waals surface area contributed by atoms with Gasteiger partial charge in [-0.05, 0) is 24.3 Å². The van der Waals surface area contributed by atoms with Crippen LogP contribution in [0.2, 0.25) is 0 Å².